The Balaban J connectivity index is 2.16. The maximum absolute atomic E-state index is 10.7. The average molecular weight is 219 g/mol. The number of halogens is 2. The second-order valence-corrected chi connectivity index (χ2v) is 7.55. The van der Waals surface area contributed by atoms with Gasteiger partial charge < -0.3 is 9.47 Å². The van der Waals surface area contributed by atoms with Gasteiger partial charge in [0, 0.05) is 6.61 Å². The lowest BCUT2D eigenvalue weighted by Gasteiger charge is -2.09. The van der Waals surface area contributed by atoms with Crippen molar-refractivity contribution in [2.24, 2.45) is 0 Å². The molecule has 0 unspecified atom stereocenters. The standard InChI is InChI=1S/C5H9Cl2O3P/c6-11(7,8)4-10-5-1-2-9-3-5/h5H,1-4H2/t5-/m0/s1. The predicted molar refractivity (Wildman–Crippen MR) is 44.5 cm³/mol. The maximum atomic E-state index is 10.7. The van der Waals surface area contributed by atoms with Crippen molar-refractivity contribution in [1.82, 2.24) is 0 Å². The molecule has 0 bridgehead atoms. The van der Waals surface area contributed by atoms with Gasteiger partial charge in [0.05, 0.1) is 12.7 Å². The Morgan fingerprint density at radius 3 is 2.82 bits per heavy atom. The van der Waals surface area contributed by atoms with Gasteiger partial charge in [-0.05, 0) is 28.9 Å². The SMILES string of the molecule is O=P(Cl)(Cl)CO[C@H]1CCOC1. The molecule has 0 saturated carbocycles. The van der Waals surface area contributed by atoms with Gasteiger partial charge in [-0.15, -0.1) is 0 Å². The summed E-state index contributed by atoms with van der Waals surface area (Å²) in [6.45, 7) is 1.24. The summed E-state index contributed by atoms with van der Waals surface area (Å²) in [5, 5.41) is 0. The van der Waals surface area contributed by atoms with Crippen LogP contribution in [-0.4, -0.2) is 25.7 Å². The topological polar surface area (TPSA) is 35.5 Å². The lowest BCUT2D eigenvalue weighted by Crippen LogP contribution is -2.11. The zero-order valence-electron chi connectivity index (χ0n) is 5.83. The number of hydrogen-bond donors (Lipinski definition) is 0. The van der Waals surface area contributed by atoms with E-state index in [9.17, 15) is 4.57 Å². The third-order valence-corrected chi connectivity index (χ3v) is 2.38. The Morgan fingerprint density at radius 1 is 1.64 bits per heavy atom. The maximum Gasteiger partial charge on any atom is 0.277 e. The molecule has 0 aromatic carbocycles. The van der Waals surface area contributed by atoms with Gasteiger partial charge in [0.1, 0.15) is 6.35 Å². The van der Waals surface area contributed by atoms with Crippen molar-refractivity contribution in [3.8, 4) is 0 Å². The summed E-state index contributed by atoms with van der Waals surface area (Å²) in [4.78, 5) is 0. The van der Waals surface area contributed by atoms with E-state index in [2.05, 4.69) is 0 Å². The first kappa shape index (κ1) is 9.82. The van der Waals surface area contributed by atoms with Crippen LogP contribution in [0.15, 0.2) is 0 Å². The Hall–Kier alpha value is 0.730. The number of hydrogen-bond acceptors (Lipinski definition) is 3. The average Bonchev–Trinajstić information content (AvgIpc) is 2.32. The van der Waals surface area contributed by atoms with Crippen molar-refractivity contribution in [1.29, 1.82) is 0 Å². The van der Waals surface area contributed by atoms with Crippen LogP contribution >= 0.6 is 28.3 Å². The lowest BCUT2D eigenvalue weighted by molar-refractivity contribution is 0.0703. The predicted octanol–water partition coefficient (Wildman–Crippen LogP) is 2.42. The minimum Gasteiger partial charge on any atom is -0.379 e. The normalized spacial score (nSPS) is 25.8. The molecule has 0 aromatic heterocycles. The van der Waals surface area contributed by atoms with Gasteiger partial charge in [0.15, 0.2) is 0 Å². The zero-order valence-corrected chi connectivity index (χ0v) is 8.24. The third-order valence-electron chi connectivity index (χ3n) is 1.35. The first-order valence-electron chi connectivity index (χ1n) is 3.26. The molecule has 0 spiro atoms. The summed E-state index contributed by atoms with van der Waals surface area (Å²) in [6, 6.07) is 0. The van der Waals surface area contributed by atoms with Crippen molar-refractivity contribution in [2.45, 2.75) is 12.5 Å². The molecular weight excluding hydrogens is 210 g/mol. The molecule has 6 heteroatoms. The molecule has 0 aliphatic carbocycles. The fourth-order valence-corrected chi connectivity index (χ4v) is 1.56. The third kappa shape index (κ3) is 4.34. The van der Waals surface area contributed by atoms with E-state index >= 15 is 0 Å². The van der Waals surface area contributed by atoms with Crippen molar-refractivity contribution < 1.29 is 14.0 Å². The molecular formula is C5H9Cl2O3P. The molecule has 11 heavy (non-hydrogen) atoms. The second kappa shape index (κ2) is 4.11. The molecule has 66 valence electrons. The fourth-order valence-electron chi connectivity index (χ4n) is 0.837. The van der Waals surface area contributed by atoms with Crippen LogP contribution in [0.4, 0.5) is 0 Å². The number of ether oxygens (including phenoxy) is 2. The molecule has 1 rings (SSSR count). The van der Waals surface area contributed by atoms with Crippen molar-refractivity contribution in [3.63, 3.8) is 0 Å². The van der Waals surface area contributed by atoms with Gasteiger partial charge in [-0.25, -0.2) is 0 Å². The van der Waals surface area contributed by atoms with Crippen LogP contribution in [0.1, 0.15) is 6.42 Å². The molecule has 0 aromatic rings. The molecule has 0 amide bonds. The van der Waals surface area contributed by atoms with E-state index in [1.807, 2.05) is 0 Å². The van der Waals surface area contributed by atoms with E-state index in [1.54, 1.807) is 0 Å². The molecule has 1 fully saturated rings. The van der Waals surface area contributed by atoms with E-state index < -0.39 is 5.85 Å². The molecule has 1 heterocycles. The Morgan fingerprint density at radius 2 is 2.36 bits per heavy atom. The van der Waals surface area contributed by atoms with Crippen LogP contribution in [0.5, 0.6) is 0 Å². The Labute approximate surface area is 74.9 Å². The summed E-state index contributed by atoms with van der Waals surface area (Å²) in [5.74, 6) is -3.05. The van der Waals surface area contributed by atoms with Gasteiger partial charge >= 0.3 is 0 Å². The summed E-state index contributed by atoms with van der Waals surface area (Å²) in [5.41, 5.74) is 0. The summed E-state index contributed by atoms with van der Waals surface area (Å²) >= 11 is 10.5. The quantitative estimate of drug-likeness (QED) is 0.683. The van der Waals surface area contributed by atoms with Gasteiger partial charge in [-0.2, -0.15) is 0 Å². The van der Waals surface area contributed by atoms with Gasteiger partial charge in [-0.3, -0.25) is 4.57 Å². The fraction of sp³-hybridized carbons (Fsp3) is 1.00. The Kier molecular flexibility index (Phi) is 3.66. The van der Waals surface area contributed by atoms with Crippen molar-refractivity contribution in [2.75, 3.05) is 19.6 Å². The first-order chi connectivity index (χ1) is 5.08. The lowest BCUT2D eigenvalue weighted by atomic mass is 10.3. The highest BCUT2D eigenvalue weighted by Gasteiger charge is 2.21. The summed E-state index contributed by atoms with van der Waals surface area (Å²) in [7, 11) is 0. The highest BCUT2D eigenvalue weighted by atomic mass is 35.9. The van der Waals surface area contributed by atoms with Gasteiger partial charge in [0.25, 0.3) is 5.85 Å². The smallest absolute Gasteiger partial charge is 0.277 e. The minimum atomic E-state index is -3.05. The monoisotopic (exact) mass is 218 g/mol. The van der Waals surface area contributed by atoms with Gasteiger partial charge in [0.2, 0.25) is 0 Å². The van der Waals surface area contributed by atoms with E-state index in [1.165, 1.54) is 0 Å². The number of rotatable bonds is 3. The second-order valence-electron chi connectivity index (χ2n) is 2.35. The van der Waals surface area contributed by atoms with Crippen molar-refractivity contribution >= 4 is 28.3 Å². The molecule has 3 nitrogen and oxygen atoms in total. The van der Waals surface area contributed by atoms with Crippen LogP contribution in [0, 0.1) is 0 Å². The molecule has 1 aliphatic rings. The van der Waals surface area contributed by atoms with Crippen LogP contribution in [0.2, 0.25) is 0 Å². The molecule has 0 radical (unpaired) electrons. The van der Waals surface area contributed by atoms with E-state index in [4.69, 9.17) is 32.0 Å². The van der Waals surface area contributed by atoms with E-state index in [0.717, 1.165) is 6.42 Å². The van der Waals surface area contributed by atoms with E-state index in [0.29, 0.717) is 13.2 Å². The highest BCUT2D eigenvalue weighted by molar-refractivity contribution is 8.08. The van der Waals surface area contributed by atoms with Crippen LogP contribution in [0.25, 0.3) is 0 Å². The van der Waals surface area contributed by atoms with Gasteiger partial charge in [-0.1, -0.05) is 0 Å². The molecule has 1 aliphatic heterocycles. The zero-order chi connectivity index (χ0) is 8.32. The largest absolute Gasteiger partial charge is 0.379 e. The molecule has 1 atom stereocenters. The molecule has 1 saturated heterocycles. The van der Waals surface area contributed by atoms with E-state index in [-0.39, 0.29) is 12.5 Å². The Bertz CT molecular complexity index is 163. The first-order valence-corrected chi connectivity index (χ1v) is 6.96. The minimum absolute atomic E-state index is 0.0147. The molecule has 0 N–H and O–H groups in total. The van der Waals surface area contributed by atoms with Crippen molar-refractivity contribution in [3.05, 3.63) is 0 Å². The van der Waals surface area contributed by atoms with Crippen LogP contribution in [-0.2, 0) is 14.0 Å². The highest BCUT2D eigenvalue weighted by Crippen LogP contribution is 2.56. The summed E-state index contributed by atoms with van der Waals surface area (Å²) < 4.78 is 20.9. The van der Waals surface area contributed by atoms with Crippen LogP contribution < -0.4 is 0 Å². The van der Waals surface area contributed by atoms with Crippen LogP contribution in [0.3, 0.4) is 0 Å². The summed E-state index contributed by atoms with van der Waals surface area (Å²) in [6.07, 6.45) is 0.763.